The number of ketones is 2. The lowest BCUT2D eigenvalue weighted by molar-refractivity contribution is 0.0435. The third-order valence-corrected chi connectivity index (χ3v) is 4.05. The van der Waals surface area contributed by atoms with Crippen molar-refractivity contribution in [3.8, 4) is 0 Å². The summed E-state index contributed by atoms with van der Waals surface area (Å²) in [4.78, 5) is 37.9. The molecule has 0 unspecified atom stereocenters. The van der Waals surface area contributed by atoms with E-state index in [2.05, 4.69) is 5.32 Å². The Morgan fingerprint density at radius 3 is 2.32 bits per heavy atom. The minimum absolute atomic E-state index is 0.00787. The van der Waals surface area contributed by atoms with Gasteiger partial charge in [-0.25, -0.2) is 4.79 Å². The number of nitrogens with one attached hydrogen (secondary N) is 1. The van der Waals surface area contributed by atoms with Crippen molar-refractivity contribution in [1.29, 1.82) is 0 Å². The number of carbonyl (C=O) groups excluding carboxylic acids is 3. The number of carbonyl (C=O) groups is 3. The van der Waals surface area contributed by atoms with Gasteiger partial charge in [-0.15, -0.1) is 0 Å². The van der Waals surface area contributed by atoms with E-state index in [4.69, 9.17) is 15.6 Å². The van der Waals surface area contributed by atoms with E-state index in [1.54, 1.807) is 31.3 Å². The van der Waals surface area contributed by atoms with Crippen molar-refractivity contribution in [1.82, 2.24) is 0 Å². The average Bonchev–Trinajstić information content (AvgIpc) is 2.63. The highest BCUT2D eigenvalue weighted by Gasteiger charge is 2.35. The zero-order valence-corrected chi connectivity index (χ0v) is 13.5. The van der Waals surface area contributed by atoms with Gasteiger partial charge in [0.1, 0.15) is 6.61 Å². The number of nitrogen functional groups attached to an aromatic ring is 1. The van der Waals surface area contributed by atoms with E-state index in [9.17, 15) is 14.4 Å². The van der Waals surface area contributed by atoms with E-state index in [0.29, 0.717) is 11.3 Å². The summed E-state index contributed by atoms with van der Waals surface area (Å²) in [5.74, 6) is -1.53. The van der Waals surface area contributed by atoms with Gasteiger partial charge in [-0.1, -0.05) is 24.3 Å². The van der Waals surface area contributed by atoms with Crippen molar-refractivity contribution in [2.45, 2.75) is 0 Å². The number of nitrogens with two attached hydrogens (primary N) is 1. The second kappa shape index (κ2) is 6.37. The molecule has 0 amide bonds. The first-order chi connectivity index (χ1) is 12.0. The fourth-order valence-electron chi connectivity index (χ4n) is 2.90. The predicted molar refractivity (Wildman–Crippen MR) is 91.1 cm³/mol. The number of ether oxygens (including phenoxy) is 1. The second-order valence-corrected chi connectivity index (χ2v) is 5.45. The number of rotatable bonds is 4. The van der Waals surface area contributed by atoms with Crippen LogP contribution in [-0.4, -0.2) is 42.9 Å². The molecule has 0 spiro atoms. The first kappa shape index (κ1) is 16.7. The Balaban J connectivity index is 2.24. The van der Waals surface area contributed by atoms with E-state index in [1.165, 1.54) is 6.07 Å². The van der Waals surface area contributed by atoms with Crippen LogP contribution >= 0.6 is 0 Å². The molecule has 2 aromatic rings. The number of benzene rings is 2. The van der Waals surface area contributed by atoms with Gasteiger partial charge < -0.3 is 20.9 Å². The van der Waals surface area contributed by atoms with Crippen molar-refractivity contribution in [3.63, 3.8) is 0 Å². The molecule has 0 saturated heterocycles. The van der Waals surface area contributed by atoms with Crippen molar-refractivity contribution in [2.24, 2.45) is 0 Å². The Kier molecular flexibility index (Phi) is 4.24. The second-order valence-electron chi connectivity index (χ2n) is 5.45. The minimum atomic E-state index is -0.773. The molecule has 2 aromatic carbocycles. The van der Waals surface area contributed by atoms with Crippen LogP contribution in [0.3, 0.4) is 0 Å². The van der Waals surface area contributed by atoms with E-state index >= 15 is 0 Å². The van der Waals surface area contributed by atoms with Crippen LogP contribution in [0.4, 0.5) is 11.4 Å². The van der Waals surface area contributed by atoms with Crippen LogP contribution in [0.15, 0.2) is 30.3 Å². The number of fused-ring (bicyclic) bond motifs is 2. The van der Waals surface area contributed by atoms with Crippen LogP contribution in [0.25, 0.3) is 0 Å². The van der Waals surface area contributed by atoms with E-state index in [1.807, 2.05) is 0 Å². The molecular weight excluding hydrogens is 324 g/mol. The van der Waals surface area contributed by atoms with E-state index in [0.717, 1.165) is 0 Å². The molecular formula is C18H16N2O5. The Labute approximate surface area is 143 Å². The number of aliphatic hydroxyl groups is 1. The molecule has 25 heavy (non-hydrogen) atoms. The molecule has 0 saturated carbocycles. The molecule has 3 rings (SSSR count). The molecule has 128 valence electrons. The SMILES string of the molecule is CNc1cc(C(=O)OCCO)c(N)c2c1C(=O)c1ccccc1C2=O. The number of hydrogen-bond acceptors (Lipinski definition) is 7. The topological polar surface area (TPSA) is 119 Å². The van der Waals surface area contributed by atoms with Gasteiger partial charge in [0, 0.05) is 23.9 Å². The van der Waals surface area contributed by atoms with Gasteiger partial charge in [0.15, 0.2) is 11.6 Å². The number of anilines is 2. The van der Waals surface area contributed by atoms with Crippen LogP contribution in [0.1, 0.15) is 42.2 Å². The van der Waals surface area contributed by atoms with Crippen LogP contribution in [0.2, 0.25) is 0 Å². The molecule has 4 N–H and O–H groups in total. The summed E-state index contributed by atoms with van der Waals surface area (Å²) in [7, 11) is 1.58. The molecule has 0 radical (unpaired) electrons. The summed E-state index contributed by atoms with van der Waals surface area (Å²) < 4.78 is 4.89. The summed E-state index contributed by atoms with van der Waals surface area (Å²) in [5.41, 5.74) is 6.90. The van der Waals surface area contributed by atoms with Gasteiger partial charge in [-0.2, -0.15) is 0 Å². The van der Waals surface area contributed by atoms with Gasteiger partial charge in [0.2, 0.25) is 0 Å². The van der Waals surface area contributed by atoms with Gasteiger partial charge in [0.25, 0.3) is 0 Å². The third-order valence-electron chi connectivity index (χ3n) is 4.05. The average molecular weight is 340 g/mol. The Hall–Kier alpha value is -3.19. The molecule has 0 fully saturated rings. The van der Waals surface area contributed by atoms with Crippen molar-refractivity contribution < 1.29 is 24.2 Å². The zero-order valence-electron chi connectivity index (χ0n) is 13.5. The van der Waals surface area contributed by atoms with E-state index < -0.39 is 11.8 Å². The lowest BCUT2D eigenvalue weighted by Gasteiger charge is -2.23. The van der Waals surface area contributed by atoms with Crippen molar-refractivity contribution >= 4 is 28.9 Å². The molecule has 1 aliphatic rings. The maximum Gasteiger partial charge on any atom is 0.340 e. The largest absolute Gasteiger partial charge is 0.460 e. The summed E-state index contributed by atoms with van der Waals surface area (Å²) >= 11 is 0. The van der Waals surface area contributed by atoms with Crippen molar-refractivity contribution in [2.75, 3.05) is 31.3 Å². The number of hydrogen-bond donors (Lipinski definition) is 3. The highest BCUT2D eigenvalue weighted by Crippen LogP contribution is 2.37. The highest BCUT2D eigenvalue weighted by molar-refractivity contribution is 6.32. The van der Waals surface area contributed by atoms with Crippen LogP contribution in [0.5, 0.6) is 0 Å². The minimum Gasteiger partial charge on any atom is -0.460 e. The lowest BCUT2D eigenvalue weighted by Crippen LogP contribution is -2.25. The van der Waals surface area contributed by atoms with Gasteiger partial charge >= 0.3 is 5.97 Å². The summed E-state index contributed by atoms with van der Waals surface area (Å²) in [6.45, 7) is -0.528. The van der Waals surface area contributed by atoms with Gasteiger partial charge in [0.05, 0.1) is 29.0 Å². The molecule has 0 bridgehead atoms. The monoisotopic (exact) mass is 340 g/mol. The van der Waals surface area contributed by atoms with Crippen LogP contribution in [0, 0.1) is 0 Å². The van der Waals surface area contributed by atoms with Crippen molar-refractivity contribution in [3.05, 3.63) is 58.1 Å². The molecule has 0 heterocycles. The molecule has 0 aromatic heterocycles. The van der Waals surface area contributed by atoms with Crippen LogP contribution in [-0.2, 0) is 4.74 Å². The Morgan fingerprint density at radius 1 is 1.16 bits per heavy atom. The standard InChI is InChI=1S/C18H16N2O5/c1-20-12-8-11(18(24)25-7-6-21)15(19)14-13(12)16(22)9-4-2-3-5-10(9)17(14)23/h2-5,8,20-21H,6-7,19H2,1H3. The molecule has 0 atom stereocenters. The third kappa shape index (κ3) is 2.54. The van der Waals surface area contributed by atoms with E-state index in [-0.39, 0.29) is 46.9 Å². The first-order valence-corrected chi connectivity index (χ1v) is 7.61. The lowest BCUT2D eigenvalue weighted by atomic mass is 9.81. The summed E-state index contributed by atoms with van der Waals surface area (Å²) in [6.07, 6.45) is 0. The summed E-state index contributed by atoms with van der Waals surface area (Å²) in [5, 5.41) is 11.6. The Morgan fingerprint density at radius 2 is 1.76 bits per heavy atom. The smallest absolute Gasteiger partial charge is 0.340 e. The normalized spacial score (nSPS) is 12.4. The molecule has 7 heteroatoms. The maximum absolute atomic E-state index is 12.9. The van der Waals surface area contributed by atoms with Crippen LogP contribution < -0.4 is 11.1 Å². The maximum atomic E-state index is 12.9. The van der Waals surface area contributed by atoms with Gasteiger partial charge in [-0.3, -0.25) is 9.59 Å². The van der Waals surface area contributed by atoms with Gasteiger partial charge in [-0.05, 0) is 6.07 Å². The summed E-state index contributed by atoms with van der Waals surface area (Å²) in [6, 6.07) is 7.85. The molecule has 7 nitrogen and oxygen atoms in total. The number of aliphatic hydroxyl groups excluding tert-OH is 1. The first-order valence-electron chi connectivity index (χ1n) is 7.61. The quantitative estimate of drug-likeness (QED) is 0.483. The fraction of sp³-hybridized carbons (Fsp3) is 0.167. The predicted octanol–water partition coefficient (Wildman–Crippen LogP) is 1.24. The number of esters is 1. The fourth-order valence-corrected chi connectivity index (χ4v) is 2.90. The zero-order chi connectivity index (χ0) is 18.1. The highest BCUT2D eigenvalue weighted by atomic mass is 16.5. The molecule has 1 aliphatic carbocycles. The molecule has 0 aliphatic heterocycles. The Bertz CT molecular complexity index is 905.